The number of sulfonamides is 1. The molecule has 0 fully saturated rings. The normalized spacial score (nSPS) is 12.6. The van der Waals surface area contributed by atoms with Gasteiger partial charge in [-0.2, -0.15) is 4.31 Å². The highest BCUT2D eigenvalue weighted by Gasteiger charge is 2.25. The molecule has 0 unspecified atom stereocenters. The molecule has 6 nitrogen and oxygen atoms in total. The fraction of sp³-hybridized carbons (Fsp3) is 0.381. The maximum atomic E-state index is 12.8. The third-order valence-corrected chi connectivity index (χ3v) is 6.42. The number of benzene rings is 2. The van der Waals surface area contributed by atoms with Crippen LogP contribution in [0.15, 0.2) is 59.5 Å². The van der Waals surface area contributed by atoms with E-state index >= 15 is 0 Å². The van der Waals surface area contributed by atoms with Gasteiger partial charge in [-0.15, -0.1) is 0 Å². The summed E-state index contributed by atoms with van der Waals surface area (Å²) in [6.07, 6.45) is 1.64. The molecule has 7 heteroatoms. The van der Waals surface area contributed by atoms with Crippen molar-refractivity contribution in [2.45, 2.75) is 37.6 Å². The molecule has 1 amide bonds. The molecule has 28 heavy (non-hydrogen) atoms. The van der Waals surface area contributed by atoms with Crippen molar-refractivity contribution in [3.63, 3.8) is 0 Å². The van der Waals surface area contributed by atoms with Crippen molar-refractivity contribution >= 4 is 15.9 Å². The Hall–Kier alpha value is -2.38. The summed E-state index contributed by atoms with van der Waals surface area (Å²) < 4.78 is 31.8. The third-order valence-electron chi connectivity index (χ3n) is 4.49. The molecule has 0 heterocycles. The second-order valence-corrected chi connectivity index (χ2v) is 8.54. The SMILES string of the molecule is CCN(CC(=O)N[C@H](C)CCc1ccccc1)S(=O)(=O)c1ccc(OC)cc1. The summed E-state index contributed by atoms with van der Waals surface area (Å²) in [5.74, 6) is 0.270. The first-order valence-electron chi connectivity index (χ1n) is 9.34. The zero-order valence-corrected chi connectivity index (χ0v) is 17.4. The Bertz CT molecular complexity index is 852. The number of carbonyl (C=O) groups excluding carboxylic acids is 1. The molecule has 0 radical (unpaired) electrons. The minimum absolute atomic E-state index is 0.0462. The maximum Gasteiger partial charge on any atom is 0.243 e. The van der Waals surface area contributed by atoms with Gasteiger partial charge in [0.1, 0.15) is 5.75 Å². The summed E-state index contributed by atoms with van der Waals surface area (Å²) in [6.45, 7) is 3.64. The van der Waals surface area contributed by atoms with Gasteiger partial charge in [-0.3, -0.25) is 4.79 Å². The van der Waals surface area contributed by atoms with Crippen LogP contribution >= 0.6 is 0 Å². The Morgan fingerprint density at radius 1 is 1.11 bits per heavy atom. The first-order chi connectivity index (χ1) is 13.4. The molecular formula is C21H28N2O4S. The number of rotatable bonds is 10. The topological polar surface area (TPSA) is 75.7 Å². The molecule has 0 aliphatic rings. The third kappa shape index (κ3) is 6.07. The van der Waals surface area contributed by atoms with E-state index in [0.717, 1.165) is 12.8 Å². The molecular weight excluding hydrogens is 376 g/mol. The molecule has 0 aliphatic heterocycles. The highest BCUT2D eigenvalue weighted by Crippen LogP contribution is 2.19. The number of aryl methyl sites for hydroxylation is 1. The molecule has 1 N–H and O–H groups in total. The van der Waals surface area contributed by atoms with Crippen LogP contribution < -0.4 is 10.1 Å². The van der Waals surface area contributed by atoms with Gasteiger partial charge in [0.2, 0.25) is 15.9 Å². The number of hydrogen-bond acceptors (Lipinski definition) is 4. The van der Waals surface area contributed by atoms with Crippen LogP contribution in [0.1, 0.15) is 25.8 Å². The van der Waals surface area contributed by atoms with E-state index in [1.807, 2.05) is 25.1 Å². The molecule has 0 aromatic heterocycles. The van der Waals surface area contributed by atoms with Gasteiger partial charge in [-0.1, -0.05) is 37.3 Å². The quantitative estimate of drug-likeness (QED) is 0.661. The summed E-state index contributed by atoms with van der Waals surface area (Å²) in [7, 11) is -2.23. The molecule has 2 rings (SSSR count). The van der Waals surface area contributed by atoms with E-state index in [1.165, 1.54) is 29.1 Å². The number of hydrogen-bond donors (Lipinski definition) is 1. The Morgan fingerprint density at radius 3 is 2.32 bits per heavy atom. The number of nitrogens with zero attached hydrogens (tertiary/aromatic N) is 1. The number of ether oxygens (including phenoxy) is 1. The number of methoxy groups -OCH3 is 1. The van der Waals surface area contributed by atoms with Crippen molar-refractivity contribution in [3.05, 3.63) is 60.2 Å². The molecule has 0 saturated carbocycles. The Balaban J connectivity index is 1.93. The molecule has 2 aromatic rings. The van der Waals surface area contributed by atoms with Gasteiger partial charge in [0.15, 0.2) is 0 Å². The van der Waals surface area contributed by atoms with Gasteiger partial charge >= 0.3 is 0 Å². The minimum atomic E-state index is -3.75. The number of nitrogens with one attached hydrogen (secondary N) is 1. The predicted octanol–water partition coefficient (Wildman–Crippen LogP) is 2.84. The van der Waals surface area contributed by atoms with Gasteiger partial charge in [0.05, 0.1) is 18.6 Å². The fourth-order valence-corrected chi connectivity index (χ4v) is 4.25. The summed E-state index contributed by atoms with van der Waals surface area (Å²) in [4.78, 5) is 12.5. The molecule has 1 atom stereocenters. The Morgan fingerprint density at radius 2 is 1.75 bits per heavy atom. The van der Waals surface area contributed by atoms with Crippen LogP contribution in [-0.2, 0) is 21.2 Å². The van der Waals surface area contributed by atoms with E-state index in [0.29, 0.717) is 5.75 Å². The van der Waals surface area contributed by atoms with E-state index in [2.05, 4.69) is 17.4 Å². The average Bonchev–Trinajstić information content (AvgIpc) is 2.71. The van der Waals surface area contributed by atoms with Crippen molar-refractivity contribution < 1.29 is 17.9 Å². The lowest BCUT2D eigenvalue weighted by atomic mass is 10.1. The van der Waals surface area contributed by atoms with Crippen LogP contribution in [0.3, 0.4) is 0 Å². The van der Waals surface area contributed by atoms with Crippen LogP contribution in [0.25, 0.3) is 0 Å². The first kappa shape index (κ1) is 21.9. The van der Waals surface area contributed by atoms with Crippen LogP contribution in [0, 0.1) is 0 Å². The largest absolute Gasteiger partial charge is 0.497 e. The molecule has 0 aliphatic carbocycles. The number of likely N-dealkylation sites (N-methyl/N-ethyl adjacent to an activating group) is 1. The minimum Gasteiger partial charge on any atom is -0.497 e. The standard InChI is InChI=1S/C21H28N2O4S/c1-4-23(28(25,26)20-14-12-19(27-3)13-15-20)16-21(24)22-17(2)10-11-18-8-6-5-7-9-18/h5-9,12-15,17H,4,10-11,16H2,1-3H3,(H,22,24)/t17-/m1/s1. The first-order valence-corrected chi connectivity index (χ1v) is 10.8. The van der Waals surface area contributed by atoms with Crippen molar-refractivity contribution in [3.8, 4) is 5.75 Å². The summed E-state index contributed by atoms with van der Waals surface area (Å²) >= 11 is 0. The second-order valence-electron chi connectivity index (χ2n) is 6.60. The molecule has 0 saturated heterocycles. The number of carbonyl (C=O) groups is 1. The van der Waals surface area contributed by atoms with E-state index in [-0.39, 0.29) is 29.9 Å². The second kappa shape index (κ2) is 10.2. The van der Waals surface area contributed by atoms with Crippen LogP contribution in [0.4, 0.5) is 0 Å². The summed E-state index contributed by atoms with van der Waals surface area (Å²) in [6, 6.07) is 16.1. The lowest BCUT2D eigenvalue weighted by Gasteiger charge is -2.21. The smallest absolute Gasteiger partial charge is 0.243 e. The van der Waals surface area contributed by atoms with Crippen molar-refractivity contribution in [2.75, 3.05) is 20.2 Å². The molecule has 152 valence electrons. The highest BCUT2D eigenvalue weighted by molar-refractivity contribution is 7.89. The lowest BCUT2D eigenvalue weighted by Crippen LogP contribution is -2.43. The summed E-state index contributed by atoms with van der Waals surface area (Å²) in [5.41, 5.74) is 1.21. The van der Waals surface area contributed by atoms with Gasteiger partial charge in [0, 0.05) is 12.6 Å². The van der Waals surface area contributed by atoms with Crippen molar-refractivity contribution in [1.82, 2.24) is 9.62 Å². The van der Waals surface area contributed by atoms with Gasteiger partial charge in [-0.25, -0.2) is 8.42 Å². The maximum absolute atomic E-state index is 12.8. The predicted molar refractivity (Wildman–Crippen MR) is 110 cm³/mol. The molecule has 0 spiro atoms. The van der Waals surface area contributed by atoms with E-state index in [1.54, 1.807) is 19.1 Å². The van der Waals surface area contributed by atoms with Gasteiger partial charge in [-0.05, 0) is 49.6 Å². The van der Waals surface area contributed by atoms with E-state index in [4.69, 9.17) is 4.74 Å². The fourth-order valence-electron chi connectivity index (χ4n) is 2.84. The lowest BCUT2D eigenvalue weighted by molar-refractivity contribution is -0.121. The molecule has 2 aromatic carbocycles. The van der Waals surface area contributed by atoms with Crippen molar-refractivity contribution in [2.24, 2.45) is 0 Å². The van der Waals surface area contributed by atoms with E-state index in [9.17, 15) is 13.2 Å². The zero-order chi connectivity index (χ0) is 20.6. The number of amides is 1. The van der Waals surface area contributed by atoms with Gasteiger partial charge in [0.25, 0.3) is 0 Å². The Labute approximate surface area is 167 Å². The zero-order valence-electron chi connectivity index (χ0n) is 16.6. The molecule has 0 bridgehead atoms. The Kier molecular flexibility index (Phi) is 8.02. The summed E-state index contributed by atoms with van der Waals surface area (Å²) in [5, 5.41) is 2.89. The average molecular weight is 405 g/mol. The van der Waals surface area contributed by atoms with E-state index < -0.39 is 10.0 Å². The van der Waals surface area contributed by atoms with Gasteiger partial charge < -0.3 is 10.1 Å². The van der Waals surface area contributed by atoms with Crippen molar-refractivity contribution in [1.29, 1.82) is 0 Å². The highest BCUT2D eigenvalue weighted by atomic mass is 32.2. The van der Waals surface area contributed by atoms with Crippen LogP contribution in [0.5, 0.6) is 5.75 Å². The monoisotopic (exact) mass is 404 g/mol. The van der Waals surface area contributed by atoms with Crippen LogP contribution in [0.2, 0.25) is 0 Å². The van der Waals surface area contributed by atoms with Crippen LogP contribution in [-0.4, -0.2) is 44.9 Å².